The predicted molar refractivity (Wildman–Crippen MR) is 61.0 cm³/mol. The fourth-order valence-electron chi connectivity index (χ4n) is 2.01. The molecule has 1 aliphatic rings. The van der Waals surface area contributed by atoms with Crippen LogP contribution >= 0.6 is 0 Å². The highest BCUT2D eigenvalue weighted by atomic mass is 16.5. The van der Waals surface area contributed by atoms with Gasteiger partial charge < -0.3 is 4.74 Å². The van der Waals surface area contributed by atoms with Crippen LogP contribution in [0.25, 0.3) is 0 Å². The van der Waals surface area contributed by atoms with Gasteiger partial charge in [0.05, 0.1) is 6.61 Å². The number of carbonyl (C=O) groups excluding carboxylic acids is 3. The Morgan fingerprint density at radius 3 is 2.47 bits per heavy atom. The van der Waals surface area contributed by atoms with Crippen molar-refractivity contribution in [3.63, 3.8) is 0 Å². The van der Waals surface area contributed by atoms with Crippen LogP contribution in [0.15, 0.2) is 0 Å². The number of amides is 2. The lowest BCUT2D eigenvalue weighted by Crippen LogP contribution is -2.44. The number of nitrogens with zero attached hydrogens (tertiary/aromatic N) is 1. The molecule has 1 atom stereocenters. The predicted octanol–water partition coefficient (Wildman–Crippen LogP) is 1.11. The van der Waals surface area contributed by atoms with Crippen LogP contribution in [-0.2, 0) is 19.1 Å². The highest BCUT2D eigenvalue weighted by molar-refractivity contribution is 6.04. The largest absolute Gasteiger partial charge is 0.464 e. The Balaban J connectivity index is 2.99. The molecule has 0 saturated carbocycles. The Hall–Kier alpha value is -1.39. The molecule has 1 rings (SSSR count). The molecule has 0 radical (unpaired) electrons. The molecule has 5 heteroatoms. The summed E-state index contributed by atoms with van der Waals surface area (Å²) in [5, 5.41) is 0. The van der Waals surface area contributed by atoms with E-state index in [4.69, 9.17) is 4.74 Å². The van der Waals surface area contributed by atoms with Gasteiger partial charge in [-0.1, -0.05) is 20.8 Å². The van der Waals surface area contributed by atoms with E-state index in [9.17, 15) is 14.4 Å². The van der Waals surface area contributed by atoms with Crippen LogP contribution in [0.4, 0.5) is 0 Å². The Morgan fingerprint density at radius 2 is 2.00 bits per heavy atom. The zero-order chi connectivity index (χ0) is 13.2. The van der Waals surface area contributed by atoms with E-state index >= 15 is 0 Å². The van der Waals surface area contributed by atoms with Gasteiger partial charge in [-0.05, 0) is 13.3 Å². The zero-order valence-corrected chi connectivity index (χ0v) is 10.8. The SMILES string of the molecule is CCOC(=O)[C@@H]1CC(C)(C)C(=O)N1C(=O)CC. The number of esters is 1. The maximum absolute atomic E-state index is 12.0. The van der Waals surface area contributed by atoms with Crippen molar-refractivity contribution in [1.82, 2.24) is 4.90 Å². The number of likely N-dealkylation sites (tertiary alicyclic amines) is 1. The highest BCUT2D eigenvalue weighted by Gasteiger charge is 2.51. The summed E-state index contributed by atoms with van der Waals surface area (Å²) < 4.78 is 4.91. The summed E-state index contributed by atoms with van der Waals surface area (Å²) in [4.78, 5) is 36.6. The second-order valence-corrected chi connectivity index (χ2v) is 4.78. The van der Waals surface area contributed by atoms with Crippen molar-refractivity contribution in [3.05, 3.63) is 0 Å². The first-order chi connectivity index (χ1) is 7.85. The van der Waals surface area contributed by atoms with E-state index in [2.05, 4.69) is 0 Å². The normalized spacial score (nSPS) is 22.7. The number of rotatable bonds is 3. The standard InChI is InChI=1S/C12H19NO4/c1-5-9(14)13-8(10(15)17-6-2)7-12(3,4)11(13)16/h8H,5-7H2,1-4H3/t8-/m0/s1. The Bertz CT molecular complexity index is 348. The summed E-state index contributed by atoms with van der Waals surface area (Å²) in [7, 11) is 0. The van der Waals surface area contributed by atoms with Crippen LogP contribution in [0, 0.1) is 5.41 Å². The molecule has 0 aromatic heterocycles. The van der Waals surface area contributed by atoms with Gasteiger partial charge in [-0.25, -0.2) is 4.79 Å². The van der Waals surface area contributed by atoms with Gasteiger partial charge in [-0.15, -0.1) is 0 Å². The van der Waals surface area contributed by atoms with Gasteiger partial charge in [0.2, 0.25) is 11.8 Å². The van der Waals surface area contributed by atoms with E-state index in [0.29, 0.717) is 6.42 Å². The second-order valence-electron chi connectivity index (χ2n) is 4.78. The molecule has 1 fully saturated rings. The molecule has 0 unspecified atom stereocenters. The second kappa shape index (κ2) is 4.85. The molecule has 0 N–H and O–H groups in total. The average Bonchev–Trinajstić information content (AvgIpc) is 2.50. The molecule has 17 heavy (non-hydrogen) atoms. The lowest BCUT2D eigenvalue weighted by atomic mass is 9.90. The minimum atomic E-state index is -0.759. The zero-order valence-electron chi connectivity index (χ0n) is 10.8. The van der Waals surface area contributed by atoms with Crippen LogP contribution in [0.1, 0.15) is 40.5 Å². The maximum atomic E-state index is 12.0. The van der Waals surface area contributed by atoms with Crippen LogP contribution in [0.3, 0.4) is 0 Å². The average molecular weight is 241 g/mol. The number of imide groups is 1. The first-order valence-corrected chi connectivity index (χ1v) is 5.88. The molecule has 1 saturated heterocycles. The number of ether oxygens (including phenoxy) is 1. The third-order valence-corrected chi connectivity index (χ3v) is 2.94. The topological polar surface area (TPSA) is 63.7 Å². The first kappa shape index (κ1) is 13.7. The summed E-state index contributed by atoms with van der Waals surface area (Å²) in [6.45, 7) is 7.10. The van der Waals surface area contributed by atoms with Crippen molar-refractivity contribution >= 4 is 17.8 Å². The molecular formula is C12H19NO4. The molecule has 0 bridgehead atoms. The third-order valence-electron chi connectivity index (χ3n) is 2.94. The van der Waals surface area contributed by atoms with Crippen molar-refractivity contribution in [2.75, 3.05) is 6.61 Å². The molecule has 5 nitrogen and oxygen atoms in total. The van der Waals surface area contributed by atoms with Crippen LogP contribution < -0.4 is 0 Å². The minimum absolute atomic E-state index is 0.206. The fraction of sp³-hybridized carbons (Fsp3) is 0.750. The summed E-state index contributed by atoms with van der Waals surface area (Å²) >= 11 is 0. The Kier molecular flexibility index (Phi) is 3.91. The summed E-state index contributed by atoms with van der Waals surface area (Å²) in [5.74, 6) is -1.10. The quantitative estimate of drug-likeness (QED) is 0.694. The lowest BCUT2D eigenvalue weighted by molar-refractivity contribution is -0.157. The number of carbonyl (C=O) groups is 3. The van der Waals surface area contributed by atoms with Gasteiger partial charge in [0, 0.05) is 11.8 Å². The summed E-state index contributed by atoms with van der Waals surface area (Å²) in [6.07, 6.45) is 0.536. The first-order valence-electron chi connectivity index (χ1n) is 5.88. The van der Waals surface area contributed by atoms with Gasteiger partial charge in [-0.2, -0.15) is 0 Å². The molecule has 0 aliphatic carbocycles. The summed E-state index contributed by atoms with van der Waals surface area (Å²) in [6, 6.07) is -0.759. The van der Waals surface area contributed by atoms with Gasteiger partial charge in [-0.3, -0.25) is 14.5 Å². The van der Waals surface area contributed by atoms with E-state index in [-0.39, 0.29) is 24.8 Å². The fourth-order valence-corrected chi connectivity index (χ4v) is 2.01. The molecule has 0 aromatic rings. The Labute approximate surface area is 101 Å². The smallest absolute Gasteiger partial charge is 0.329 e. The van der Waals surface area contributed by atoms with Gasteiger partial charge in [0.1, 0.15) is 6.04 Å². The van der Waals surface area contributed by atoms with Crippen molar-refractivity contribution in [1.29, 1.82) is 0 Å². The van der Waals surface area contributed by atoms with E-state index < -0.39 is 17.4 Å². The molecule has 1 aliphatic heterocycles. The molecule has 0 spiro atoms. The molecular weight excluding hydrogens is 222 g/mol. The monoisotopic (exact) mass is 241 g/mol. The van der Waals surface area contributed by atoms with E-state index in [1.54, 1.807) is 27.7 Å². The third kappa shape index (κ3) is 2.48. The molecule has 0 aromatic carbocycles. The van der Waals surface area contributed by atoms with Crippen LogP contribution in [0.5, 0.6) is 0 Å². The van der Waals surface area contributed by atoms with Crippen molar-refractivity contribution < 1.29 is 19.1 Å². The molecule has 1 heterocycles. The number of hydrogen-bond acceptors (Lipinski definition) is 4. The highest BCUT2D eigenvalue weighted by Crippen LogP contribution is 2.36. The van der Waals surface area contributed by atoms with Gasteiger partial charge in [0.25, 0.3) is 0 Å². The molecule has 2 amide bonds. The van der Waals surface area contributed by atoms with Crippen molar-refractivity contribution in [2.45, 2.75) is 46.6 Å². The maximum Gasteiger partial charge on any atom is 0.329 e. The minimum Gasteiger partial charge on any atom is -0.464 e. The summed E-state index contributed by atoms with van der Waals surface area (Å²) in [5.41, 5.74) is -0.678. The van der Waals surface area contributed by atoms with Crippen molar-refractivity contribution in [2.24, 2.45) is 5.41 Å². The van der Waals surface area contributed by atoms with Crippen LogP contribution in [0.2, 0.25) is 0 Å². The van der Waals surface area contributed by atoms with Gasteiger partial charge >= 0.3 is 5.97 Å². The lowest BCUT2D eigenvalue weighted by Gasteiger charge is -2.21. The van der Waals surface area contributed by atoms with E-state index in [1.165, 1.54) is 0 Å². The molecule has 96 valence electrons. The number of hydrogen-bond donors (Lipinski definition) is 0. The Morgan fingerprint density at radius 1 is 1.41 bits per heavy atom. The van der Waals surface area contributed by atoms with E-state index in [0.717, 1.165) is 4.90 Å². The van der Waals surface area contributed by atoms with Crippen LogP contribution in [-0.4, -0.2) is 35.3 Å². The van der Waals surface area contributed by atoms with E-state index in [1.807, 2.05) is 0 Å². The van der Waals surface area contributed by atoms with Gasteiger partial charge in [0.15, 0.2) is 0 Å². The van der Waals surface area contributed by atoms with Crippen molar-refractivity contribution in [3.8, 4) is 0 Å².